The van der Waals surface area contributed by atoms with Crippen molar-refractivity contribution in [3.05, 3.63) is 29.6 Å². The SMILES string of the molecule is [2H]c1coc2c(C(C)C)c(C#N)cnc12. The molecule has 0 spiro atoms. The predicted octanol–water partition coefficient (Wildman–Crippen LogP) is 2.82. The van der Waals surface area contributed by atoms with E-state index in [1.54, 1.807) is 0 Å². The average Bonchev–Trinajstić information content (AvgIpc) is 2.58. The van der Waals surface area contributed by atoms with Crippen molar-refractivity contribution in [2.24, 2.45) is 0 Å². The fourth-order valence-corrected chi connectivity index (χ4v) is 1.54. The standard InChI is InChI=1S/C11H10N2O/c1-7(2)10-8(5-12)6-13-9-3-4-14-11(9)10/h3-4,6-7H,1-2H3/i3D. The smallest absolute Gasteiger partial charge is 0.157 e. The molecule has 0 saturated carbocycles. The number of rotatable bonds is 1. The van der Waals surface area contributed by atoms with Crippen LogP contribution in [0.25, 0.3) is 11.1 Å². The number of hydrogen-bond acceptors (Lipinski definition) is 3. The molecule has 0 aromatic carbocycles. The number of hydrogen-bond donors (Lipinski definition) is 0. The number of pyridine rings is 1. The Bertz CT molecular complexity index is 551. The molecule has 0 aliphatic rings. The van der Waals surface area contributed by atoms with Crippen molar-refractivity contribution in [2.75, 3.05) is 0 Å². The second kappa shape index (κ2) is 3.15. The van der Waals surface area contributed by atoms with Crippen molar-refractivity contribution < 1.29 is 5.79 Å². The summed E-state index contributed by atoms with van der Waals surface area (Å²) in [5, 5.41) is 8.96. The van der Waals surface area contributed by atoms with Crippen LogP contribution in [0, 0.1) is 11.3 Å². The Morgan fingerprint density at radius 2 is 2.43 bits per heavy atom. The highest BCUT2D eigenvalue weighted by Gasteiger charge is 2.14. The van der Waals surface area contributed by atoms with Crippen LogP contribution < -0.4 is 0 Å². The van der Waals surface area contributed by atoms with Gasteiger partial charge in [0.2, 0.25) is 0 Å². The first kappa shape index (κ1) is 7.57. The summed E-state index contributed by atoms with van der Waals surface area (Å²) < 4.78 is 12.9. The third-order valence-corrected chi connectivity index (χ3v) is 2.14. The van der Waals surface area contributed by atoms with E-state index in [9.17, 15) is 0 Å². The quantitative estimate of drug-likeness (QED) is 0.689. The molecule has 0 atom stereocenters. The molecule has 3 nitrogen and oxygen atoms in total. The van der Waals surface area contributed by atoms with Crippen LogP contribution in [0.3, 0.4) is 0 Å². The summed E-state index contributed by atoms with van der Waals surface area (Å²) in [4.78, 5) is 4.05. The van der Waals surface area contributed by atoms with Crippen LogP contribution >= 0.6 is 0 Å². The first-order valence-electron chi connectivity index (χ1n) is 4.92. The maximum atomic E-state index is 8.96. The summed E-state index contributed by atoms with van der Waals surface area (Å²) in [6.07, 6.45) is 2.86. The van der Waals surface area contributed by atoms with Gasteiger partial charge in [0.15, 0.2) is 5.58 Å². The minimum atomic E-state index is 0.177. The zero-order valence-corrected chi connectivity index (χ0v) is 8.03. The van der Waals surface area contributed by atoms with Crippen molar-refractivity contribution in [1.29, 1.82) is 5.26 Å². The van der Waals surface area contributed by atoms with Crippen molar-refractivity contribution in [1.82, 2.24) is 4.98 Å². The zero-order valence-electron chi connectivity index (χ0n) is 9.03. The summed E-state index contributed by atoms with van der Waals surface area (Å²) in [5.74, 6) is 0.177. The topological polar surface area (TPSA) is 49.8 Å². The van der Waals surface area contributed by atoms with Crippen LogP contribution in [-0.4, -0.2) is 4.98 Å². The van der Waals surface area contributed by atoms with E-state index in [2.05, 4.69) is 11.1 Å². The Morgan fingerprint density at radius 3 is 3.07 bits per heavy atom. The first-order chi connectivity index (χ1) is 7.15. The third kappa shape index (κ3) is 1.16. The maximum absolute atomic E-state index is 8.96. The minimum Gasteiger partial charge on any atom is -0.462 e. The molecular formula is C11H10N2O. The van der Waals surface area contributed by atoms with Gasteiger partial charge in [-0.2, -0.15) is 5.26 Å². The molecule has 2 aromatic heterocycles. The van der Waals surface area contributed by atoms with Crippen LogP contribution in [0.4, 0.5) is 0 Å². The Labute approximate surface area is 83.4 Å². The molecule has 0 aliphatic heterocycles. The molecule has 0 radical (unpaired) electrons. The summed E-state index contributed by atoms with van der Waals surface area (Å²) >= 11 is 0. The normalized spacial score (nSPS) is 11.7. The average molecular weight is 187 g/mol. The lowest BCUT2D eigenvalue weighted by atomic mass is 9.99. The highest BCUT2D eigenvalue weighted by Crippen LogP contribution is 2.27. The van der Waals surface area contributed by atoms with Crippen molar-refractivity contribution in [3.63, 3.8) is 0 Å². The van der Waals surface area contributed by atoms with E-state index in [1.807, 2.05) is 13.8 Å². The van der Waals surface area contributed by atoms with Gasteiger partial charge in [0.1, 0.15) is 11.6 Å². The third-order valence-electron chi connectivity index (χ3n) is 2.14. The minimum absolute atomic E-state index is 0.177. The van der Waals surface area contributed by atoms with Gasteiger partial charge in [-0.25, -0.2) is 0 Å². The van der Waals surface area contributed by atoms with Crippen LogP contribution in [0.1, 0.15) is 32.3 Å². The Balaban J connectivity index is 2.87. The highest BCUT2D eigenvalue weighted by atomic mass is 16.3. The van der Waals surface area contributed by atoms with Gasteiger partial charge in [-0.3, -0.25) is 4.98 Å². The zero-order chi connectivity index (χ0) is 11.0. The van der Waals surface area contributed by atoms with E-state index in [0.29, 0.717) is 16.7 Å². The van der Waals surface area contributed by atoms with E-state index >= 15 is 0 Å². The fraction of sp³-hybridized carbons (Fsp3) is 0.273. The van der Waals surface area contributed by atoms with Gasteiger partial charge in [0.25, 0.3) is 0 Å². The Morgan fingerprint density at radius 1 is 1.64 bits per heavy atom. The molecule has 2 rings (SSSR count). The van der Waals surface area contributed by atoms with Gasteiger partial charge >= 0.3 is 0 Å². The van der Waals surface area contributed by atoms with E-state index < -0.39 is 0 Å². The summed E-state index contributed by atoms with van der Waals surface area (Å²) in [5.41, 5.74) is 2.44. The van der Waals surface area contributed by atoms with Gasteiger partial charge in [0, 0.05) is 17.8 Å². The van der Waals surface area contributed by atoms with Gasteiger partial charge in [0.05, 0.1) is 13.2 Å². The van der Waals surface area contributed by atoms with Gasteiger partial charge in [-0.1, -0.05) is 13.8 Å². The molecule has 0 N–H and O–H groups in total. The second-order valence-electron chi connectivity index (χ2n) is 3.41. The molecule has 3 heteroatoms. The lowest BCUT2D eigenvalue weighted by Crippen LogP contribution is -1.94. The number of nitrogens with zero attached hydrogens (tertiary/aromatic N) is 2. The van der Waals surface area contributed by atoms with Gasteiger partial charge < -0.3 is 4.42 Å². The summed E-state index contributed by atoms with van der Waals surface area (Å²) in [6.45, 7) is 3.98. The molecule has 14 heavy (non-hydrogen) atoms. The highest BCUT2D eigenvalue weighted by molar-refractivity contribution is 5.78. The molecule has 2 aromatic rings. The molecule has 2 heterocycles. The summed E-state index contributed by atoms with van der Waals surface area (Å²) in [6, 6.07) is 2.36. The van der Waals surface area contributed by atoms with Crippen molar-refractivity contribution in [2.45, 2.75) is 19.8 Å². The monoisotopic (exact) mass is 187 g/mol. The number of fused-ring (bicyclic) bond motifs is 1. The maximum Gasteiger partial charge on any atom is 0.157 e. The molecule has 0 fully saturated rings. The number of furan rings is 1. The lowest BCUT2D eigenvalue weighted by Gasteiger charge is -2.07. The Kier molecular flexibility index (Phi) is 1.70. The molecule has 0 bridgehead atoms. The second-order valence-corrected chi connectivity index (χ2v) is 3.41. The van der Waals surface area contributed by atoms with E-state index in [1.165, 1.54) is 12.5 Å². The first-order valence-corrected chi connectivity index (χ1v) is 4.42. The van der Waals surface area contributed by atoms with Crippen molar-refractivity contribution >= 4 is 11.1 Å². The number of aromatic nitrogens is 1. The molecule has 70 valence electrons. The summed E-state index contributed by atoms with van der Waals surface area (Å²) in [7, 11) is 0. The molecule has 0 saturated heterocycles. The Hall–Kier alpha value is -1.82. The van der Waals surface area contributed by atoms with Crippen molar-refractivity contribution in [3.8, 4) is 6.07 Å². The molecule has 0 amide bonds. The van der Waals surface area contributed by atoms with E-state index in [0.717, 1.165) is 5.56 Å². The fourth-order valence-electron chi connectivity index (χ4n) is 1.54. The van der Waals surface area contributed by atoms with Crippen LogP contribution in [-0.2, 0) is 0 Å². The van der Waals surface area contributed by atoms with Crippen LogP contribution in [0.2, 0.25) is 0 Å². The largest absolute Gasteiger partial charge is 0.462 e. The van der Waals surface area contributed by atoms with Gasteiger partial charge in [-0.15, -0.1) is 0 Å². The predicted molar refractivity (Wildman–Crippen MR) is 52.8 cm³/mol. The molecular weight excluding hydrogens is 176 g/mol. The van der Waals surface area contributed by atoms with E-state index in [4.69, 9.17) is 11.0 Å². The molecule has 0 aliphatic carbocycles. The number of nitriles is 1. The van der Waals surface area contributed by atoms with Crippen LogP contribution in [0.5, 0.6) is 0 Å². The van der Waals surface area contributed by atoms with Gasteiger partial charge in [-0.05, 0) is 5.92 Å². The lowest BCUT2D eigenvalue weighted by molar-refractivity contribution is 0.606. The molecule has 0 unspecified atom stereocenters. The van der Waals surface area contributed by atoms with Crippen LogP contribution in [0.15, 0.2) is 22.9 Å². The van der Waals surface area contributed by atoms with E-state index in [-0.39, 0.29) is 12.0 Å².